The lowest BCUT2D eigenvalue weighted by Gasteiger charge is -2.13. The van der Waals surface area contributed by atoms with Crippen LogP contribution < -0.4 is 5.62 Å². The highest BCUT2D eigenvalue weighted by molar-refractivity contribution is 5.80. The van der Waals surface area contributed by atoms with Gasteiger partial charge in [0.15, 0.2) is 0 Å². The minimum Gasteiger partial charge on any atom is -0.311 e. The Bertz CT molecular complexity index is 574. The van der Waals surface area contributed by atoms with Crippen molar-refractivity contribution in [2.45, 2.75) is 32.9 Å². The first-order valence-electron chi connectivity index (χ1n) is 5.58. The van der Waals surface area contributed by atoms with Crippen LogP contribution in [0.1, 0.15) is 18.9 Å². The number of rotatable bonds is 1. The molecule has 1 N–H and O–H groups in total. The highest BCUT2D eigenvalue weighted by Crippen LogP contribution is 2.23. The van der Waals surface area contributed by atoms with Crippen LogP contribution >= 0.6 is 0 Å². The number of hydrogen-bond donors (Lipinski definition) is 1. The van der Waals surface area contributed by atoms with Crippen molar-refractivity contribution in [2.24, 2.45) is 0 Å². The molecule has 0 unspecified atom stereocenters. The number of imidazole rings is 1. The predicted octanol–water partition coefficient (Wildman–Crippen LogP) is 1.89. The Morgan fingerprint density at radius 1 is 1.40 bits per heavy atom. The number of aromatic nitrogens is 2. The molecular formula is C12H15N3. The predicted molar refractivity (Wildman–Crippen MR) is 59.8 cm³/mol. The monoisotopic (exact) mass is 201 g/mol. The summed E-state index contributed by atoms with van der Waals surface area (Å²) >= 11 is 0. The second-order valence-corrected chi connectivity index (χ2v) is 4.11. The molecule has 1 aromatic carbocycles. The fourth-order valence-corrected chi connectivity index (χ4v) is 2.64. The minimum absolute atomic E-state index is 0.652. The highest BCUT2D eigenvalue weighted by Gasteiger charge is 2.16. The summed E-state index contributed by atoms with van der Waals surface area (Å²) in [5.41, 5.74) is 4.56. The number of benzene rings is 1. The summed E-state index contributed by atoms with van der Waals surface area (Å²) in [6, 6.07) is 6.43. The zero-order valence-electron chi connectivity index (χ0n) is 8.95. The van der Waals surface area contributed by atoms with Crippen molar-refractivity contribution in [3.05, 3.63) is 29.4 Å². The Hall–Kier alpha value is -1.51. The van der Waals surface area contributed by atoms with Crippen LogP contribution in [-0.2, 0) is 19.5 Å². The number of para-hydroxylation sites is 1. The summed E-state index contributed by atoms with van der Waals surface area (Å²) in [7, 11) is 0. The van der Waals surface area contributed by atoms with Crippen LogP contribution in [0.4, 0.5) is 0 Å². The van der Waals surface area contributed by atoms with Crippen LogP contribution in [0.3, 0.4) is 0 Å². The van der Waals surface area contributed by atoms with Crippen molar-refractivity contribution < 1.29 is 0 Å². The van der Waals surface area contributed by atoms with E-state index in [0.29, 0.717) is 5.62 Å². The second-order valence-electron chi connectivity index (χ2n) is 4.11. The van der Waals surface area contributed by atoms with E-state index in [4.69, 9.17) is 5.41 Å². The maximum absolute atomic E-state index is 8.13. The van der Waals surface area contributed by atoms with Gasteiger partial charge in [-0.3, -0.25) is 5.41 Å². The van der Waals surface area contributed by atoms with Crippen molar-refractivity contribution in [2.75, 3.05) is 0 Å². The van der Waals surface area contributed by atoms with Crippen LogP contribution in [0.15, 0.2) is 18.2 Å². The molecule has 3 heteroatoms. The van der Waals surface area contributed by atoms with Crippen LogP contribution in [-0.4, -0.2) is 9.13 Å². The van der Waals surface area contributed by atoms with Gasteiger partial charge in [0.2, 0.25) is 5.62 Å². The lowest BCUT2D eigenvalue weighted by molar-refractivity contribution is 0.572. The molecule has 0 bridgehead atoms. The number of aryl methyl sites for hydroxylation is 3. The minimum atomic E-state index is 0.652. The third-order valence-corrected chi connectivity index (χ3v) is 3.31. The fourth-order valence-electron chi connectivity index (χ4n) is 2.64. The third-order valence-electron chi connectivity index (χ3n) is 3.31. The molecule has 15 heavy (non-hydrogen) atoms. The second kappa shape index (κ2) is 2.99. The van der Waals surface area contributed by atoms with Crippen molar-refractivity contribution in [1.82, 2.24) is 9.13 Å². The van der Waals surface area contributed by atoms with E-state index in [2.05, 4.69) is 34.3 Å². The number of hydrogen-bond acceptors (Lipinski definition) is 1. The lowest BCUT2D eigenvalue weighted by Crippen LogP contribution is -2.25. The number of nitrogens with one attached hydrogen (secondary N) is 1. The molecule has 1 aliphatic rings. The van der Waals surface area contributed by atoms with Gasteiger partial charge in [-0.15, -0.1) is 0 Å². The average molecular weight is 201 g/mol. The van der Waals surface area contributed by atoms with E-state index in [0.717, 1.165) is 25.9 Å². The summed E-state index contributed by atoms with van der Waals surface area (Å²) in [5, 5.41) is 8.13. The van der Waals surface area contributed by atoms with Crippen LogP contribution in [0.5, 0.6) is 0 Å². The first-order valence-corrected chi connectivity index (χ1v) is 5.58. The normalized spacial score (nSPS) is 14.7. The lowest BCUT2D eigenvalue weighted by atomic mass is 10.0. The molecule has 3 nitrogen and oxygen atoms in total. The summed E-state index contributed by atoms with van der Waals surface area (Å²) in [6.45, 7) is 3.98. The van der Waals surface area contributed by atoms with E-state index in [1.54, 1.807) is 0 Å². The molecule has 3 rings (SSSR count). The standard InChI is InChI=1S/C12H15N3/c1-2-14-10-7-3-5-9-6-4-8-15(11(9)10)12(14)13/h3,5,7,13H,2,4,6,8H2,1H3. The molecule has 0 amide bonds. The van der Waals surface area contributed by atoms with Crippen molar-refractivity contribution in [3.8, 4) is 0 Å². The van der Waals surface area contributed by atoms with Gasteiger partial charge >= 0.3 is 0 Å². The molecule has 0 atom stereocenters. The molecule has 2 heterocycles. The maximum atomic E-state index is 8.13. The first kappa shape index (κ1) is 8.77. The average Bonchev–Trinajstić information content (AvgIpc) is 2.55. The van der Waals surface area contributed by atoms with Gasteiger partial charge in [0.05, 0.1) is 11.0 Å². The van der Waals surface area contributed by atoms with Crippen LogP contribution in [0, 0.1) is 5.41 Å². The van der Waals surface area contributed by atoms with Crippen molar-refractivity contribution in [3.63, 3.8) is 0 Å². The third kappa shape index (κ3) is 1.03. The van der Waals surface area contributed by atoms with E-state index in [1.165, 1.54) is 16.6 Å². The smallest absolute Gasteiger partial charge is 0.202 e. The molecule has 0 saturated carbocycles. The fraction of sp³-hybridized carbons (Fsp3) is 0.417. The Labute approximate surface area is 88.5 Å². The maximum Gasteiger partial charge on any atom is 0.202 e. The Kier molecular flexibility index (Phi) is 1.75. The van der Waals surface area contributed by atoms with Gasteiger partial charge in [0.1, 0.15) is 0 Å². The summed E-state index contributed by atoms with van der Waals surface area (Å²) < 4.78 is 4.24. The summed E-state index contributed by atoms with van der Waals surface area (Å²) in [6.07, 6.45) is 2.32. The molecule has 0 spiro atoms. The van der Waals surface area contributed by atoms with Gasteiger partial charge in [-0.05, 0) is 31.4 Å². The number of nitrogens with zero attached hydrogens (tertiary/aromatic N) is 2. The molecule has 78 valence electrons. The summed E-state index contributed by atoms with van der Waals surface area (Å²) in [4.78, 5) is 0. The molecule has 1 aliphatic heterocycles. The van der Waals surface area contributed by atoms with Crippen molar-refractivity contribution >= 4 is 11.0 Å². The zero-order valence-corrected chi connectivity index (χ0v) is 8.95. The van der Waals surface area contributed by atoms with E-state index < -0.39 is 0 Å². The van der Waals surface area contributed by atoms with Crippen LogP contribution in [0.2, 0.25) is 0 Å². The Balaban J connectivity index is 2.54. The largest absolute Gasteiger partial charge is 0.311 e. The molecule has 0 saturated heterocycles. The highest BCUT2D eigenvalue weighted by atomic mass is 15.2. The SMILES string of the molecule is CCn1c(=N)n2c3c(cccc31)CCC2. The topological polar surface area (TPSA) is 33.7 Å². The quantitative estimate of drug-likeness (QED) is 0.731. The zero-order chi connectivity index (χ0) is 10.4. The molecule has 2 aromatic rings. The molecule has 1 aromatic heterocycles. The van der Waals surface area contributed by atoms with Gasteiger partial charge < -0.3 is 9.13 Å². The van der Waals surface area contributed by atoms with Gasteiger partial charge in [0, 0.05) is 13.1 Å². The van der Waals surface area contributed by atoms with Gasteiger partial charge in [-0.25, -0.2) is 0 Å². The molecule has 0 radical (unpaired) electrons. The molecular weight excluding hydrogens is 186 g/mol. The van der Waals surface area contributed by atoms with Gasteiger partial charge in [-0.1, -0.05) is 12.1 Å². The molecule has 0 fully saturated rings. The van der Waals surface area contributed by atoms with E-state index in [9.17, 15) is 0 Å². The van der Waals surface area contributed by atoms with E-state index in [1.807, 2.05) is 0 Å². The van der Waals surface area contributed by atoms with E-state index in [-0.39, 0.29) is 0 Å². The van der Waals surface area contributed by atoms with Gasteiger partial charge in [-0.2, -0.15) is 0 Å². The van der Waals surface area contributed by atoms with Crippen LogP contribution in [0.25, 0.3) is 11.0 Å². The Morgan fingerprint density at radius 3 is 3.07 bits per heavy atom. The van der Waals surface area contributed by atoms with E-state index >= 15 is 0 Å². The van der Waals surface area contributed by atoms with Crippen molar-refractivity contribution in [1.29, 1.82) is 5.41 Å². The van der Waals surface area contributed by atoms with Gasteiger partial charge in [0.25, 0.3) is 0 Å². The summed E-state index contributed by atoms with van der Waals surface area (Å²) in [5.74, 6) is 0. The Morgan fingerprint density at radius 2 is 2.27 bits per heavy atom. The first-order chi connectivity index (χ1) is 7.33. The molecule has 0 aliphatic carbocycles.